The predicted octanol–water partition coefficient (Wildman–Crippen LogP) is 1.42. The van der Waals surface area contributed by atoms with Crippen molar-refractivity contribution in [3.05, 3.63) is 23.8 Å². The first kappa shape index (κ1) is 15.3. The van der Waals surface area contributed by atoms with Crippen LogP contribution in [0.25, 0.3) is 0 Å². The van der Waals surface area contributed by atoms with E-state index in [-0.39, 0.29) is 12.5 Å². The first-order chi connectivity index (χ1) is 9.12. The van der Waals surface area contributed by atoms with Crippen molar-refractivity contribution in [2.45, 2.75) is 19.8 Å². The van der Waals surface area contributed by atoms with E-state index in [0.717, 1.165) is 6.42 Å². The summed E-state index contributed by atoms with van der Waals surface area (Å²) in [6.45, 7) is 2.74. The van der Waals surface area contributed by atoms with Crippen molar-refractivity contribution >= 4 is 11.6 Å². The van der Waals surface area contributed by atoms with Crippen LogP contribution >= 0.6 is 0 Å². The van der Waals surface area contributed by atoms with Gasteiger partial charge in [-0.15, -0.1) is 0 Å². The fourth-order valence-electron chi connectivity index (χ4n) is 1.85. The Morgan fingerprint density at radius 1 is 1.53 bits per heavy atom. The summed E-state index contributed by atoms with van der Waals surface area (Å²) in [5.41, 5.74) is 6.71. The molecule has 5 nitrogen and oxygen atoms in total. The lowest BCUT2D eigenvalue weighted by Gasteiger charge is -2.14. The third-order valence-electron chi connectivity index (χ3n) is 3.16. The molecule has 1 aromatic rings. The summed E-state index contributed by atoms with van der Waals surface area (Å²) in [6.07, 6.45) is 1.62. The lowest BCUT2D eigenvalue weighted by Crippen LogP contribution is -2.29. The van der Waals surface area contributed by atoms with Gasteiger partial charge in [0.25, 0.3) is 5.91 Å². The smallest absolute Gasteiger partial charge is 0.251 e. The summed E-state index contributed by atoms with van der Waals surface area (Å²) < 4.78 is 5.04. The molecule has 0 spiro atoms. The number of aliphatic hydroxyl groups is 1. The minimum Gasteiger partial charge on any atom is -0.495 e. The summed E-state index contributed by atoms with van der Waals surface area (Å²) in [4.78, 5) is 12.0. The van der Waals surface area contributed by atoms with Gasteiger partial charge in [0.2, 0.25) is 0 Å². The number of nitrogens with two attached hydrogens (primary N) is 1. The molecule has 1 atom stereocenters. The Balaban J connectivity index is 2.60. The van der Waals surface area contributed by atoms with Crippen molar-refractivity contribution in [1.29, 1.82) is 0 Å². The van der Waals surface area contributed by atoms with Crippen LogP contribution in [0.4, 0.5) is 5.69 Å². The summed E-state index contributed by atoms with van der Waals surface area (Å²) in [5.74, 6) is 0.693. The Morgan fingerprint density at radius 3 is 2.79 bits per heavy atom. The van der Waals surface area contributed by atoms with Gasteiger partial charge in [-0.2, -0.15) is 0 Å². The molecule has 0 aromatic heterocycles. The van der Waals surface area contributed by atoms with Crippen molar-refractivity contribution < 1.29 is 14.6 Å². The fourth-order valence-corrected chi connectivity index (χ4v) is 1.85. The van der Waals surface area contributed by atoms with Crippen molar-refractivity contribution in [3.8, 4) is 5.75 Å². The van der Waals surface area contributed by atoms with E-state index in [1.165, 1.54) is 7.11 Å². The minimum absolute atomic E-state index is 0.143. The van der Waals surface area contributed by atoms with Crippen LogP contribution in [-0.2, 0) is 0 Å². The molecule has 0 bridgehead atoms. The summed E-state index contributed by atoms with van der Waals surface area (Å²) in [6, 6.07) is 4.95. The maximum Gasteiger partial charge on any atom is 0.251 e. The molecule has 1 aromatic carbocycles. The van der Waals surface area contributed by atoms with Crippen LogP contribution in [-0.4, -0.2) is 31.3 Å². The second-order valence-corrected chi connectivity index (χ2v) is 4.45. The maximum absolute atomic E-state index is 12.0. The molecule has 0 aliphatic rings. The molecule has 1 rings (SSSR count). The Bertz CT molecular complexity index is 421. The van der Waals surface area contributed by atoms with E-state index in [9.17, 15) is 4.79 Å². The lowest BCUT2D eigenvalue weighted by atomic mass is 10.0. The molecule has 0 saturated heterocycles. The molecule has 0 aliphatic carbocycles. The van der Waals surface area contributed by atoms with Gasteiger partial charge in [-0.25, -0.2) is 0 Å². The average Bonchev–Trinajstić information content (AvgIpc) is 2.42. The van der Waals surface area contributed by atoms with E-state index in [0.29, 0.717) is 35.9 Å². The summed E-state index contributed by atoms with van der Waals surface area (Å²) in [5, 5.41) is 11.8. The molecule has 0 saturated carbocycles. The Kier molecular flexibility index (Phi) is 6.15. The van der Waals surface area contributed by atoms with Gasteiger partial charge in [-0.05, 0) is 30.5 Å². The van der Waals surface area contributed by atoms with E-state index in [4.69, 9.17) is 15.6 Å². The highest BCUT2D eigenvalue weighted by molar-refractivity contribution is 5.95. The van der Waals surface area contributed by atoms with Gasteiger partial charge in [-0.1, -0.05) is 13.3 Å². The van der Waals surface area contributed by atoms with Crippen LogP contribution in [0.3, 0.4) is 0 Å². The second-order valence-electron chi connectivity index (χ2n) is 4.45. The molecule has 1 amide bonds. The summed E-state index contributed by atoms with van der Waals surface area (Å²) >= 11 is 0. The van der Waals surface area contributed by atoms with Gasteiger partial charge in [0.1, 0.15) is 5.75 Å². The number of carbonyl (C=O) groups excluding carboxylic acids is 1. The normalized spacial score (nSPS) is 11.9. The molecule has 106 valence electrons. The topological polar surface area (TPSA) is 84.6 Å². The van der Waals surface area contributed by atoms with Crippen molar-refractivity contribution in [3.63, 3.8) is 0 Å². The highest BCUT2D eigenvalue weighted by Gasteiger charge is 2.11. The van der Waals surface area contributed by atoms with Gasteiger partial charge in [0.05, 0.1) is 12.8 Å². The average molecular weight is 266 g/mol. The molecular formula is C14H22N2O3. The van der Waals surface area contributed by atoms with E-state index in [1.54, 1.807) is 18.2 Å². The van der Waals surface area contributed by atoms with E-state index in [1.807, 2.05) is 6.92 Å². The van der Waals surface area contributed by atoms with E-state index >= 15 is 0 Å². The minimum atomic E-state index is -0.161. The fraction of sp³-hybridized carbons (Fsp3) is 0.500. The number of amides is 1. The zero-order valence-electron chi connectivity index (χ0n) is 11.5. The number of anilines is 1. The Labute approximate surface area is 113 Å². The molecule has 1 unspecified atom stereocenters. The molecular weight excluding hydrogens is 244 g/mol. The number of nitrogens with one attached hydrogen (secondary N) is 1. The van der Waals surface area contributed by atoms with Gasteiger partial charge in [-0.3, -0.25) is 4.79 Å². The van der Waals surface area contributed by atoms with Crippen molar-refractivity contribution in [2.24, 2.45) is 5.92 Å². The quantitative estimate of drug-likeness (QED) is 0.652. The van der Waals surface area contributed by atoms with Crippen LogP contribution in [0.5, 0.6) is 5.75 Å². The Hall–Kier alpha value is -1.75. The maximum atomic E-state index is 12.0. The van der Waals surface area contributed by atoms with Crippen molar-refractivity contribution in [2.75, 3.05) is 26.0 Å². The van der Waals surface area contributed by atoms with Crippen LogP contribution in [0, 0.1) is 5.92 Å². The van der Waals surface area contributed by atoms with Crippen LogP contribution in [0.2, 0.25) is 0 Å². The number of hydrogen-bond donors (Lipinski definition) is 3. The number of hydrogen-bond acceptors (Lipinski definition) is 4. The van der Waals surface area contributed by atoms with E-state index in [2.05, 4.69) is 5.32 Å². The zero-order valence-corrected chi connectivity index (χ0v) is 11.5. The molecule has 19 heavy (non-hydrogen) atoms. The van der Waals surface area contributed by atoms with Crippen LogP contribution < -0.4 is 15.8 Å². The third kappa shape index (κ3) is 4.44. The largest absolute Gasteiger partial charge is 0.495 e. The highest BCUT2D eigenvalue weighted by atomic mass is 16.5. The highest BCUT2D eigenvalue weighted by Crippen LogP contribution is 2.21. The van der Waals surface area contributed by atoms with Gasteiger partial charge < -0.3 is 20.9 Å². The SMILES string of the molecule is CCC(CCO)CNC(=O)c1ccc(OC)c(N)c1. The predicted molar refractivity (Wildman–Crippen MR) is 75.2 cm³/mol. The molecule has 5 heteroatoms. The second kappa shape index (κ2) is 7.63. The molecule has 0 aliphatic heterocycles. The first-order valence-electron chi connectivity index (χ1n) is 6.44. The number of ether oxygens (including phenoxy) is 1. The number of methoxy groups -OCH3 is 1. The zero-order chi connectivity index (χ0) is 14.3. The monoisotopic (exact) mass is 266 g/mol. The van der Waals surface area contributed by atoms with E-state index < -0.39 is 0 Å². The van der Waals surface area contributed by atoms with Crippen LogP contribution in [0.15, 0.2) is 18.2 Å². The van der Waals surface area contributed by atoms with Gasteiger partial charge >= 0.3 is 0 Å². The number of aliphatic hydroxyl groups excluding tert-OH is 1. The first-order valence-corrected chi connectivity index (χ1v) is 6.44. The van der Waals surface area contributed by atoms with Crippen LogP contribution in [0.1, 0.15) is 30.1 Å². The number of nitrogen functional groups attached to an aromatic ring is 1. The molecule has 0 radical (unpaired) electrons. The van der Waals surface area contributed by atoms with Crippen molar-refractivity contribution in [1.82, 2.24) is 5.32 Å². The Morgan fingerprint density at radius 2 is 2.26 bits per heavy atom. The molecule has 4 N–H and O–H groups in total. The standard InChI is InChI=1S/C14H22N2O3/c1-3-10(6-7-17)9-16-14(18)11-4-5-13(19-2)12(15)8-11/h4-5,8,10,17H,3,6-7,9,15H2,1-2H3,(H,16,18). The molecule has 0 fully saturated rings. The summed E-state index contributed by atoms with van der Waals surface area (Å²) in [7, 11) is 1.53. The number of carbonyl (C=O) groups is 1. The van der Waals surface area contributed by atoms with Gasteiger partial charge in [0, 0.05) is 18.7 Å². The molecule has 0 heterocycles. The number of rotatable bonds is 7. The third-order valence-corrected chi connectivity index (χ3v) is 3.16. The lowest BCUT2D eigenvalue weighted by molar-refractivity contribution is 0.0943. The number of benzene rings is 1. The van der Waals surface area contributed by atoms with Gasteiger partial charge in [0.15, 0.2) is 0 Å².